The number of carboxylic acid groups (broad SMARTS) is 1. The summed E-state index contributed by atoms with van der Waals surface area (Å²) in [5, 5.41) is 8.37. The fourth-order valence-corrected chi connectivity index (χ4v) is 5.52. The third kappa shape index (κ3) is 2.70. The van der Waals surface area contributed by atoms with Crippen molar-refractivity contribution in [3.05, 3.63) is 35.4 Å². The molecule has 1 fully saturated rings. The smallest absolute Gasteiger partial charge is 0.307 e. The van der Waals surface area contributed by atoms with Crippen molar-refractivity contribution < 1.29 is 18.3 Å². The summed E-state index contributed by atoms with van der Waals surface area (Å²) in [6, 6.07) is 7.59. The molecular weight excluding hydrogens is 290 g/mol. The van der Waals surface area contributed by atoms with Crippen LogP contribution in [0.25, 0.3) is 0 Å². The summed E-state index contributed by atoms with van der Waals surface area (Å²) in [5.74, 6) is -1.78. The van der Waals surface area contributed by atoms with E-state index in [0.29, 0.717) is 19.3 Å². The lowest BCUT2D eigenvalue weighted by Crippen LogP contribution is -2.40. The van der Waals surface area contributed by atoms with Gasteiger partial charge in [0.2, 0.25) is 10.0 Å². The highest BCUT2D eigenvalue weighted by molar-refractivity contribution is 7.90. The molecule has 2 aliphatic rings. The second-order valence-corrected chi connectivity index (χ2v) is 7.80. The van der Waals surface area contributed by atoms with Crippen LogP contribution in [0.4, 0.5) is 0 Å². The maximum Gasteiger partial charge on any atom is 0.307 e. The predicted molar refractivity (Wildman–Crippen MR) is 78.3 cm³/mol. The lowest BCUT2D eigenvalue weighted by molar-refractivity contribution is -0.141. The molecule has 0 aromatic heterocycles. The molecule has 21 heavy (non-hydrogen) atoms. The van der Waals surface area contributed by atoms with E-state index in [1.807, 2.05) is 24.3 Å². The van der Waals surface area contributed by atoms with Crippen molar-refractivity contribution in [2.45, 2.75) is 43.4 Å². The number of aliphatic carboxylic acids is 1. The maximum atomic E-state index is 12.5. The van der Waals surface area contributed by atoms with E-state index in [4.69, 9.17) is 0 Å². The van der Waals surface area contributed by atoms with Crippen LogP contribution < -0.4 is 4.72 Å². The highest BCUT2D eigenvalue weighted by Crippen LogP contribution is 2.35. The number of hydrogen-bond donors (Lipinski definition) is 2. The van der Waals surface area contributed by atoms with E-state index < -0.39 is 27.2 Å². The molecule has 0 bridgehead atoms. The molecule has 6 heteroatoms. The first kappa shape index (κ1) is 14.5. The molecule has 1 saturated carbocycles. The minimum Gasteiger partial charge on any atom is -0.481 e. The summed E-state index contributed by atoms with van der Waals surface area (Å²) < 4.78 is 27.8. The number of carboxylic acids is 1. The van der Waals surface area contributed by atoms with Crippen molar-refractivity contribution >= 4 is 16.0 Å². The Morgan fingerprint density at radius 1 is 1.19 bits per heavy atom. The highest BCUT2D eigenvalue weighted by Gasteiger charge is 2.42. The van der Waals surface area contributed by atoms with Gasteiger partial charge in [-0.3, -0.25) is 4.79 Å². The molecule has 0 saturated heterocycles. The Bertz CT molecular complexity index is 655. The van der Waals surface area contributed by atoms with E-state index in [-0.39, 0.29) is 6.04 Å². The van der Waals surface area contributed by atoms with E-state index in [9.17, 15) is 18.3 Å². The van der Waals surface area contributed by atoms with Crippen molar-refractivity contribution in [3.8, 4) is 0 Å². The molecule has 0 spiro atoms. The number of fused-ring (bicyclic) bond motifs is 1. The maximum absolute atomic E-state index is 12.5. The summed E-state index contributed by atoms with van der Waals surface area (Å²) >= 11 is 0. The SMILES string of the molecule is O=C(O)C1CCCC1S(=O)(=O)NC1CCc2ccccc21. The number of nitrogens with one attached hydrogen (secondary N) is 1. The van der Waals surface area contributed by atoms with Crippen molar-refractivity contribution in [1.29, 1.82) is 0 Å². The van der Waals surface area contributed by atoms with E-state index in [1.54, 1.807) is 0 Å². The Morgan fingerprint density at radius 2 is 1.95 bits per heavy atom. The monoisotopic (exact) mass is 309 g/mol. The average molecular weight is 309 g/mol. The van der Waals surface area contributed by atoms with Gasteiger partial charge in [-0.05, 0) is 36.8 Å². The Balaban J connectivity index is 1.80. The van der Waals surface area contributed by atoms with Gasteiger partial charge < -0.3 is 5.11 Å². The Kier molecular flexibility index (Phi) is 3.75. The molecule has 3 rings (SSSR count). The number of hydrogen-bond acceptors (Lipinski definition) is 3. The van der Waals surface area contributed by atoms with Crippen LogP contribution in [0.2, 0.25) is 0 Å². The number of aryl methyl sites for hydroxylation is 1. The van der Waals surface area contributed by atoms with E-state index in [2.05, 4.69) is 4.72 Å². The van der Waals surface area contributed by atoms with Crippen molar-refractivity contribution in [2.75, 3.05) is 0 Å². The van der Waals surface area contributed by atoms with E-state index >= 15 is 0 Å². The molecule has 1 aromatic carbocycles. The third-order valence-electron chi connectivity index (χ3n) is 4.61. The Hall–Kier alpha value is -1.40. The zero-order valence-corrected chi connectivity index (χ0v) is 12.5. The summed E-state index contributed by atoms with van der Waals surface area (Å²) in [7, 11) is -3.61. The van der Waals surface area contributed by atoms with Crippen LogP contribution in [0, 0.1) is 5.92 Å². The van der Waals surface area contributed by atoms with Crippen LogP contribution in [0.5, 0.6) is 0 Å². The van der Waals surface area contributed by atoms with Crippen LogP contribution >= 0.6 is 0 Å². The zero-order chi connectivity index (χ0) is 15.0. The molecule has 1 aromatic rings. The second kappa shape index (κ2) is 5.42. The lowest BCUT2D eigenvalue weighted by atomic mass is 10.1. The highest BCUT2D eigenvalue weighted by atomic mass is 32.2. The molecule has 0 radical (unpaired) electrons. The van der Waals surface area contributed by atoms with Crippen molar-refractivity contribution in [1.82, 2.24) is 4.72 Å². The largest absolute Gasteiger partial charge is 0.481 e. The van der Waals surface area contributed by atoms with Gasteiger partial charge >= 0.3 is 5.97 Å². The number of rotatable bonds is 4. The van der Waals surface area contributed by atoms with E-state index in [0.717, 1.165) is 18.4 Å². The summed E-state index contributed by atoms with van der Waals surface area (Å²) in [4.78, 5) is 11.2. The van der Waals surface area contributed by atoms with Crippen LogP contribution in [-0.4, -0.2) is 24.7 Å². The normalized spacial score (nSPS) is 28.5. The molecule has 2 N–H and O–H groups in total. The fourth-order valence-electron chi connectivity index (χ4n) is 3.55. The number of sulfonamides is 1. The standard InChI is InChI=1S/C15H19NO4S/c17-15(18)12-6-3-7-14(12)21(19,20)16-13-9-8-10-4-1-2-5-11(10)13/h1-2,4-5,12-14,16H,3,6-9H2,(H,17,18). The summed E-state index contributed by atoms with van der Waals surface area (Å²) in [6.07, 6.45) is 3.13. The molecule has 3 unspecified atom stereocenters. The van der Waals surface area contributed by atoms with Crippen LogP contribution in [-0.2, 0) is 21.2 Å². The van der Waals surface area contributed by atoms with Crippen LogP contribution in [0.15, 0.2) is 24.3 Å². The number of benzene rings is 1. The Morgan fingerprint density at radius 3 is 2.71 bits per heavy atom. The molecular formula is C15H19NO4S. The third-order valence-corrected chi connectivity index (χ3v) is 6.58. The van der Waals surface area contributed by atoms with Gasteiger partial charge in [0.1, 0.15) is 0 Å². The average Bonchev–Trinajstić information content (AvgIpc) is 3.06. The van der Waals surface area contributed by atoms with Gasteiger partial charge in [0.25, 0.3) is 0 Å². The van der Waals surface area contributed by atoms with Crippen LogP contribution in [0.1, 0.15) is 42.9 Å². The second-order valence-electron chi connectivity index (χ2n) is 5.87. The van der Waals surface area contributed by atoms with Gasteiger partial charge in [0, 0.05) is 6.04 Å². The van der Waals surface area contributed by atoms with Crippen molar-refractivity contribution in [2.24, 2.45) is 5.92 Å². The summed E-state index contributed by atoms with van der Waals surface area (Å²) in [6.45, 7) is 0. The van der Waals surface area contributed by atoms with Gasteiger partial charge in [0.15, 0.2) is 0 Å². The molecule has 0 amide bonds. The molecule has 0 heterocycles. The van der Waals surface area contributed by atoms with Crippen molar-refractivity contribution in [3.63, 3.8) is 0 Å². The minimum atomic E-state index is -3.61. The van der Waals surface area contributed by atoms with Gasteiger partial charge in [0.05, 0.1) is 11.2 Å². The van der Waals surface area contributed by atoms with Gasteiger partial charge in [-0.25, -0.2) is 13.1 Å². The quantitative estimate of drug-likeness (QED) is 0.889. The Labute approximate surface area is 124 Å². The topological polar surface area (TPSA) is 83.5 Å². The first-order chi connectivity index (χ1) is 9.99. The van der Waals surface area contributed by atoms with E-state index in [1.165, 1.54) is 5.56 Å². The molecule has 0 aliphatic heterocycles. The van der Waals surface area contributed by atoms with Crippen LogP contribution in [0.3, 0.4) is 0 Å². The lowest BCUT2D eigenvalue weighted by Gasteiger charge is -2.21. The molecule has 114 valence electrons. The first-order valence-electron chi connectivity index (χ1n) is 7.31. The predicted octanol–water partition coefficient (Wildman–Crippen LogP) is 1.85. The molecule has 2 aliphatic carbocycles. The zero-order valence-electron chi connectivity index (χ0n) is 11.7. The molecule has 5 nitrogen and oxygen atoms in total. The van der Waals surface area contributed by atoms with Gasteiger partial charge in [-0.2, -0.15) is 0 Å². The molecule has 3 atom stereocenters. The van der Waals surface area contributed by atoms with Gasteiger partial charge in [-0.15, -0.1) is 0 Å². The first-order valence-corrected chi connectivity index (χ1v) is 8.85. The minimum absolute atomic E-state index is 0.221. The fraction of sp³-hybridized carbons (Fsp3) is 0.533. The van der Waals surface area contributed by atoms with Gasteiger partial charge in [-0.1, -0.05) is 30.7 Å². The summed E-state index contributed by atoms with van der Waals surface area (Å²) in [5.41, 5.74) is 2.19. The number of carbonyl (C=O) groups is 1.